The molecule has 1 unspecified atom stereocenters. The number of halogens is 1. The topological polar surface area (TPSA) is 99.0 Å². The van der Waals surface area contributed by atoms with Gasteiger partial charge in [0.25, 0.3) is 11.6 Å². The number of carbonyl (C=O) groups is 1. The highest BCUT2D eigenvalue weighted by Gasteiger charge is 2.23. The van der Waals surface area contributed by atoms with Crippen LogP contribution in [0.1, 0.15) is 10.4 Å². The summed E-state index contributed by atoms with van der Waals surface area (Å²) in [6.45, 7) is 2.86. The Morgan fingerprint density at radius 3 is 2.67 bits per heavy atom. The van der Waals surface area contributed by atoms with Crippen LogP contribution < -0.4 is 5.32 Å². The first-order chi connectivity index (χ1) is 11.4. The molecule has 8 nitrogen and oxygen atoms in total. The maximum Gasteiger partial charge on any atom is 0.293 e. The Kier molecular flexibility index (Phi) is 6.36. The minimum atomic E-state index is -0.807. The van der Waals surface area contributed by atoms with E-state index in [0.29, 0.717) is 13.1 Å². The van der Waals surface area contributed by atoms with E-state index in [-0.39, 0.29) is 35.3 Å². The van der Waals surface area contributed by atoms with E-state index in [1.807, 2.05) is 7.05 Å². The monoisotopic (exact) mass is 356 g/mol. The van der Waals surface area contributed by atoms with Gasteiger partial charge in [-0.25, -0.2) is 0 Å². The van der Waals surface area contributed by atoms with E-state index >= 15 is 0 Å². The fourth-order valence-corrected chi connectivity index (χ4v) is 2.55. The molecule has 1 aliphatic rings. The first-order valence-electron chi connectivity index (χ1n) is 7.66. The summed E-state index contributed by atoms with van der Waals surface area (Å²) in [7, 11) is 1.99. The highest BCUT2D eigenvalue weighted by atomic mass is 35.5. The van der Waals surface area contributed by atoms with Gasteiger partial charge >= 0.3 is 0 Å². The summed E-state index contributed by atoms with van der Waals surface area (Å²) in [5.41, 5.74) is 0.338. The Morgan fingerprint density at radius 2 is 2.08 bits per heavy atom. The number of likely N-dealkylation sites (N-methyl/N-ethyl adjacent to an activating group) is 1. The van der Waals surface area contributed by atoms with Gasteiger partial charge in [0.2, 0.25) is 0 Å². The van der Waals surface area contributed by atoms with Crippen LogP contribution in [0.5, 0.6) is 0 Å². The quantitative estimate of drug-likeness (QED) is 0.448. The SMILES string of the molecule is CN1CCN(C(=O)c2ccc(NCC(O)CCl)c([N+](=O)[O-])c2)CC1. The van der Waals surface area contributed by atoms with Gasteiger partial charge in [0.05, 0.1) is 16.9 Å². The van der Waals surface area contributed by atoms with E-state index in [2.05, 4.69) is 10.2 Å². The summed E-state index contributed by atoms with van der Waals surface area (Å²) in [6, 6.07) is 4.32. The van der Waals surface area contributed by atoms with Gasteiger partial charge in [-0.05, 0) is 19.2 Å². The second-order valence-corrected chi connectivity index (χ2v) is 6.08. The van der Waals surface area contributed by atoms with Crippen molar-refractivity contribution in [2.75, 3.05) is 51.0 Å². The van der Waals surface area contributed by atoms with E-state index in [9.17, 15) is 20.0 Å². The molecule has 0 aliphatic carbocycles. The number of anilines is 1. The number of aliphatic hydroxyl groups is 1. The van der Waals surface area contributed by atoms with E-state index in [1.54, 1.807) is 11.0 Å². The predicted molar refractivity (Wildman–Crippen MR) is 91.7 cm³/mol. The fourth-order valence-electron chi connectivity index (χ4n) is 2.44. The predicted octanol–water partition coefficient (Wildman–Crippen LogP) is 0.994. The molecule has 24 heavy (non-hydrogen) atoms. The number of nitro benzene ring substituents is 1. The van der Waals surface area contributed by atoms with Gasteiger partial charge in [-0.15, -0.1) is 11.6 Å². The fraction of sp³-hybridized carbons (Fsp3) is 0.533. The van der Waals surface area contributed by atoms with Crippen molar-refractivity contribution in [2.24, 2.45) is 0 Å². The van der Waals surface area contributed by atoms with Crippen molar-refractivity contribution in [1.82, 2.24) is 9.80 Å². The minimum Gasteiger partial charge on any atom is -0.390 e. The smallest absolute Gasteiger partial charge is 0.293 e. The van der Waals surface area contributed by atoms with Gasteiger partial charge in [0.15, 0.2) is 0 Å². The Bertz CT molecular complexity index is 605. The number of nitro groups is 1. The molecule has 0 spiro atoms. The van der Waals surface area contributed by atoms with Crippen LogP contribution >= 0.6 is 11.6 Å². The summed E-state index contributed by atoms with van der Waals surface area (Å²) in [5.74, 6) is -0.181. The van der Waals surface area contributed by atoms with Crippen molar-refractivity contribution in [1.29, 1.82) is 0 Å². The third-order valence-corrected chi connectivity index (χ3v) is 4.29. The number of nitrogens with one attached hydrogen (secondary N) is 1. The van der Waals surface area contributed by atoms with Crippen LogP contribution in [0.25, 0.3) is 0 Å². The summed E-state index contributed by atoms with van der Waals surface area (Å²) in [6.07, 6.45) is -0.807. The highest BCUT2D eigenvalue weighted by molar-refractivity contribution is 6.18. The molecule has 9 heteroatoms. The lowest BCUT2D eigenvalue weighted by Gasteiger charge is -2.32. The van der Waals surface area contributed by atoms with Crippen molar-refractivity contribution in [3.05, 3.63) is 33.9 Å². The number of carbonyl (C=O) groups excluding carboxylic acids is 1. The summed E-state index contributed by atoms with van der Waals surface area (Å²) in [5, 5.41) is 23.5. The molecule has 0 bridgehead atoms. The van der Waals surface area contributed by atoms with Gasteiger partial charge in [-0.3, -0.25) is 14.9 Å². The molecule has 1 saturated heterocycles. The molecule has 132 valence electrons. The van der Waals surface area contributed by atoms with Gasteiger partial charge in [-0.2, -0.15) is 0 Å². The van der Waals surface area contributed by atoms with Gasteiger partial charge in [-0.1, -0.05) is 0 Å². The number of hydrogen-bond donors (Lipinski definition) is 2. The lowest BCUT2D eigenvalue weighted by atomic mass is 10.1. The van der Waals surface area contributed by atoms with Crippen molar-refractivity contribution < 1.29 is 14.8 Å². The van der Waals surface area contributed by atoms with Crippen LogP contribution in [0.2, 0.25) is 0 Å². The van der Waals surface area contributed by atoms with E-state index in [4.69, 9.17) is 11.6 Å². The number of aliphatic hydroxyl groups excluding tert-OH is 1. The number of hydrogen-bond acceptors (Lipinski definition) is 6. The van der Waals surface area contributed by atoms with Crippen LogP contribution in [0, 0.1) is 10.1 Å². The number of alkyl halides is 1. The molecular formula is C15H21ClN4O4. The van der Waals surface area contributed by atoms with Gasteiger partial charge in [0, 0.05) is 44.4 Å². The maximum absolute atomic E-state index is 12.5. The van der Waals surface area contributed by atoms with E-state index < -0.39 is 11.0 Å². The molecule has 1 heterocycles. The number of piperazine rings is 1. The summed E-state index contributed by atoms with van der Waals surface area (Å²) >= 11 is 5.51. The standard InChI is InChI=1S/C15H21ClN4O4/c1-18-4-6-19(7-5-18)15(22)11-2-3-13(14(8-11)20(23)24)17-10-12(21)9-16/h2-3,8,12,17,21H,4-7,9-10H2,1H3. The lowest BCUT2D eigenvalue weighted by molar-refractivity contribution is -0.384. The molecule has 1 fully saturated rings. The number of rotatable bonds is 6. The third-order valence-electron chi connectivity index (χ3n) is 3.94. The zero-order valence-corrected chi connectivity index (χ0v) is 14.2. The average Bonchev–Trinajstić information content (AvgIpc) is 2.59. The van der Waals surface area contributed by atoms with Crippen molar-refractivity contribution in [3.8, 4) is 0 Å². The zero-order chi connectivity index (χ0) is 17.7. The Hall–Kier alpha value is -1.90. The van der Waals surface area contributed by atoms with E-state index in [1.165, 1.54) is 12.1 Å². The molecule has 1 amide bonds. The van der Waals surface area contributed by atoms with Crippen LogP contribution in [0.3, 0.4) is 0 Å². The van der Waals surface area contributed by atoms with Crippen LogP contribution in [0.15, 0.2) is 18.2 Å². The molecule has 2 N–H and O–H groups in total. The van der Waals surface area contributed by atoms with E-state index in [0.717, 1.165) is 13.1 Å². The zero-order valence-electron chi connectivity index (χ0n) is 13.4. The normalized spacial score (nSPS) is 16.7. The van der Waals surface area contributed by atoms with Crippen LogP contribution in [0.4, 0.5) is 11.4 Å². The Morgan fingerprint density at radius 1 is 1.42 bits per heavy atom. The second-order valence-electron chi connectivity index (χ2n) is 5.77. The third kappa shape index (κ3) is 4.56. The van der Waals surface area contributed by atoms with Crippen LogP contribution in [-0.2, 0) is 0 Å². The number of benzene rings is 1. The molecular weight excluding hydrogens is 336 g/mol. The Balaban J connectivity index is 2.15. The molecule has 2 rings (SSSR count). The largest absolute Gasteiger partial charge is 0.390 e. The van der Waals surface area contributed by atoms with Gasteiger partial charge < -0.3 is 20.2 Å². The first-order valence-corrected chi connectivity index (χ1v) is 8.20. The van der Waals surface area contributed by atoms with Crippen LogP contribution in [-0.4, -0.2) is 77.5 Å². The Labute approximate surface area is 145 Å². The minimum absolute atomic E-state index is 0.0285. The molecule has 1 aromatic carbocycles. The molecule has 1 aliphatic heterocycles. The molecule has 1 aromatic rings. The molecule has 0 aromatic heterocycles. The van der Waals surface area contributed by atoms with Crippen molar-refractivity contribution >= 4 is 28.9 Å². The maximum atomic E-state index is 12.5. The average molecular weight is 357 g/mol. The number of amides is 1. The highest BCUT2D eigenvalue weighted by Crippen LogP contribution is 2.26. The number of nitrogens with zero attached hydrogens (tertiary/aromatic N) is 3. The lowest BCUT2D eigenvalue weighted by Crippen LogP contribution is -2.47. The second kappa shape index (κ2) is 8.27. The van der Waals surface area contributed by atoms with Crippen molar-refractivity contribution in [3.63, 3.8) is 0 Å². The summed E-state index contributed by atoms with van der Waals surface area (Å²) < 4.78 is 0. The molecule has 1 atom stereocenters. The first kappa shape index (κ1) is 18.4. The van der Waals surface area contributed by atoms with Crippen molar-refractivity contribution in [2.45, 2.75) is 6.10 Å². The van der Waals surface area contributed by atoms with Gasteiger partial charge in [0.1, 0.15) is 5.69 Å². The molecule has 0 saturated carbocycles. The molecule has 0 radical (unpaired) electrons. The summed E-state index contributed by atoms with van der Waals surface area (Å²) in [4.78, 5) is 27.1.